The van der Waals surface area contributed by atoms with E-state index in [1.165, 1.54) is 5.57 Å². The molecule has 3 aliphatic carbocycles. The number of ether oxygens (including phenoxy) is 1. The van der Waals surface area contributed by atoms with Crippen LogP contribution in [0.2, 0.25) is 0 Å². The maximum absolute atomic E-state index is 11.7. The molecule has 1 fully saturated rings. The maximum atomic E-state index is 11.7. The van der Waals surface area contributed by atoms with Crippen LogP contribution in [0.15, 0.2) is 11.6 Å². The molecule has 3 atom stereocenters. The van der Waals surface area contributed by atoms with Crippen LogP contribution >= 0.6 is 0 Å². The first kappa shape index (κ1) is 11.7. The molecular formula is C14H22O2. The van der Waals surface area contributed by atoms with Gasteiger partial charge in [-0.1, -0.05) is 39.3 Å². The highest BCUT2D eigenvalue weighted by atomic mass is 16.5. The Hall–Kier alpha value is -0.790. The van der Waals surface area contributed by atoms with Crippen LogP contribution in [0.1, 0.15) is 41.0 Å². The van der Waals surface area contributed by atoms with Gasteiger partial charge in [0.05, 0.1) is 5.92 Å². The van der Waals surface area contributed by atoms with E-state index in [0.29, 0.717) is 17.3 Å². The molecule has 1 saturated carbocycles. The Morgan fingerprint density at radius 3 is 2.56 bits per heavy atom. The standard InChI is InChI=1S/C14H22O2/c1-8(2)13(15)16-12-10-7-6-9(3)11(12)14(10,4)5/h6,8,10-12H,7H2,1-5H3. The molecule has 0 heterocycles. The molecule has 0 radical (unpaired) electrons. The van der Waals surface area contributed by atoms with Gasteiger partial charge in [-0.3, -0.25) is 4.79 Å². The van der Waals surface area contributed by atoms with E-state index in [1.807, 2.05) is 13.8 Å². The number of hydrogen-bond acceptors (Lipinski definition) is 2. The van der Waals surface area contributed by atoms with Crippen molar-refractivity contribution in [2.24, 2.45) is 23.2 Å². The van der Waals surface area contributed by atoms with Crippen LogP contribution in [-0.4, -0.2) is 12.1 Å². The normalized spacial score (nSPS) is 35.4. The molecule has 0 aromatic heterocycles. The van der Waals surface area contributed by atoms with Crippen molar-refractivity contribution in [3.8, 4) is 0 Å². The van der Waals surface area contributed by atoms with Crippen molar-refractivity contribution in [2.45, 2.75) is 47.1 Å². The molecule has 2 heteroatoms. The van der Waals surface area contributed by atoms with Gasteiger partial charge < -0.3 is 4.74 Å². The fraction of sp³-hybridized carbons (Fsp3) is 0.786. The van der Waals surface area contributed by atoms with E-state index in [0.717, 1.165) is 6.42 Å². The molecule has 2 nitrogen and oxygen atoms in total. The summed E-state index contributed by atoms with van der Waals surface area (Å²) in [5.74, 6) is 0.886. The summed E-state index contributed by atoms with van der Waals surface area (Å²) in [6, 6.07) is 0. The van der Waals surface area contributed by atoms with E-state index < -0.39 is 0 Å². The quantitative estimate of drug-likeness (QED) is 0.530. The third-order valence-electron chi connectivity index (χ3n) is 4.39. The highest BCUT2D eigenvalue weighted by Crippen LogP contribution is 2.60. The van der Waals surface area contributed by atoms with Crippen molar-refractivity contribution in [1.82, 2.24) is 0 Å². The second kappa shape index (κ2) is 3.61. The van der Waals surface area contributed by atoms with Crippen molar-refractivity contribution >= 4 is 5.97 Å². The van der Waals surface area contributed by atoms with Gasteiger partial charge in [-0.2, -0.15) is 0 Å². The van der Waals surface area contributed by atoms with Crippen LogP contribution in [0.3, 0.4) is 0 Å². The summed E-state index contributed by atoms with van der Waals surface area (Å²) in [5, 5.41) is 0. The van der Waals surface area contributed by atoms with Crippen molar-refractivity contribution in [1.29, 1.82) is 0 Å². The van der Waals surface area contributed by atoms with Gasteiger partial charge in [0.25, 0.3) is 0 Å². The zero-order valence-electron chi connectivity index (χ0n) is 10.9. The Morgan fingerprint density at radius 1 is 1.50 bits per heavy atom. The lowest BCUT2D eigenvalue weighted by Crippen LogP contribution is -2.61. The zero-order valence-corrected chi connectivity index (χ0v) is 10.9. The molecule has 16 heavy (non-hydrogen) atoms. The first-order valence-corrected chi connectivity index (χ1v) is 6.23. The van der Waals surface area contributed by atoms with Gasteiger partial charge >= 0.3 is 5.97 Å². The lowest BCUT2D eigenvalue weighted by molar-refractivity contribution is -0.195. The number of esters is 1. The Labute approximate surface area is 98.1 Å². The van der Waals surface area contributed by atoms with Crippen LogP contribution in [0.5, 0.6) is 0 Å². The van der Waals surface area contributed by atoms with Gasteiger partial charge in [0.15, 0.2) is 0 Å². The summed E-state index contributed by atoms with van der Waals surface area (Å²) in [5.41, 5.74) is 1.70. The summed E-state index contributed by atoms with van der Waals surface area (Å²) >= 11 is 0. The monoisotopic (exact) mass is 222 g/mol. The highest BCUT2D eigenvalue weighted by molar-refractivity contribution is 5.72. The summed E-state index contributed by atoms with van der Waals surface area (Å²) in [7, 11) is 0. The molecule has 3 unspecified atom stereocenters. The van der Waals surface area contributed by atoms with Gasteiger partial charge in [0.2, 0.25) is 0 Å². The summed E-state index contributed by atoms with van der Waals surface area (Å²) < 4.78 is 5.64. The minimum Gasteiger partial charge on any atom is -0.461 e. The first-order chi connectivity index (χ1) is 7.35. The minimum absolute atomic E-state index is 0.0197. The van der Waals surface area contributed by atoms with Gasteiger partial charge in [0, 0.05) is 11.8 Å². The predicted octanol–water partition coefficient (Wildman–Crippen LogP) is 3.18. The van der Waals surface area contributed by atoms with E-state index in [4.69, 9.17) is 4.74 Å². The van der Waals surface area contributed by atoms with Crippen LogP contribution in [-0.2, 0) is 9.53 Å². The summed E-state index contributed by atoms with van der Waals surface area (Å²) in [6.45, 7) is 10.5. The van der Waals surface area contributed by atoms with Gasteiger partial charge in [-0.25, -0.2) is 0 Å². The van der Waals surface area contributed by atoms with E-state index in [1.54, 1.807) is 0 Å². The average molecular weight is 222 g/mol. The lowest BCUT2D eigenvalue weighted by atomic mass is 9.47. The Balaban J connectivity index is 2.11. The molecule has 90 valence electrons. The van der Waals surface area contributed by atoms with Gasteiger partial charge in [-0.05, 0) is 18.8 Å². The minimum atomic E-state index is -0.0507. The molecule has 0 N–H and O–H groups in total. The molecule has 0 aromatic carbocycles. The Bertz CT molecular complexity index is 339. The van der Waals surface area contributed by atoms with Crippen molar-refractivity contribution in [3.63, 3.8) is 0 Å². The smallest absolute Gasteiger partial charge is 0.308 e. The van der Waals surface area contributed by atoms with Crippen molar-refractivity contribution in [2.75, 3.05) is 0 Å². The number of fused-ring (bicyclic) bond motifs is 1. The Kier molecular flexibility index (Phi) is 2.64. The molecule has 0 spiro atoms. The van der Waals surface area contributed by atoms with Crippen molar-refractivity contribution < 1.29 is 9.53 Å². The number of allylic oxidation sites excluding steroid dienone is 1. The second-order valence-electron chi connectivity index (χ2n) is 6.15. The van der Waals surface area contributed by atoms with Gasteiger partial charge in [0.1, 0.15) is 6.10 Å². The fourth-order valence-corrected chi connectivity index (χ4v) is 3.34. The van der Waals surface area contributed by atoms with Crippen LogP contribution in [0.25, 0.3) is 0 Å². The third-order valence-corrected chi connectivity index (χ3v) is 4.39. The largest absolute Gasteiger partial charge is 0.461 e. The molecule has 3 rings (SSSR count). The van der Waals surface area contributed by atoms with E-state index in [-0.39, 0.29) is 18.0 Å². The molecule has 0 saturated heterocycles. The predicted molar refractivity (Wildman–Crippen MR) is 63.9 cm³/mol. The zero-order chi connectivity index (χ0) is 12.1. The van der Waals surface area contributed by atoms with Crippen LogP contribution < -0.4 is 0 Å². The van der Waals surface area contributed by atoms with Crippen LogP contribution in [0, 0.1) is 23.2 Å². The molecule has 0 amide bonds. The number of carbonyl (C=O) groups is 1. The summed E-state index contributed by atoms with van der Waals surface area (Å²) in [4.78, 5) is 11.7. The lowest BCUT2D eigenvalue weighted by Gasteiger charge is -2.60. The third kappa shape index (κ3) is 1.50. The molecular weight excluding hydrogens is 200 g/mol. The van der Waals surface area contributed by atoms with E-state index in [2.05, 4.69) is 26.8 Å². The highest BCUT2D eigenvalue weighted by Gasteiger charge is 2.60. The maximum Gasteiger partial charge on any atom is 0.308 e. The Morgan fingerprint density at radius 2 is 2.12 bits per heavy atom. The summed E-state index contributed by atoms with van der Waals surface area (Å²) in [6.07, 6.45) is 3.50. The molecule has 0 aliphatic heterocycles. The second-order valence-corrected chi connectivity index (χ2v) is 6.15. The first-order valence-electron chi connectivity index (χ1n) is 6.23. The molecule has 3 aliphatic rings. The molecule has 2 bridgehead atoms. The molecule has 0 aromatic rings. The van der Waals surface area contributed by atoms with Gasteiger partial charge in [-0.15, -0.1) is 0 Å². The topological polar surface area (TPSA) is 26.3 Å². The number of hydrogen-bond donors (Lipinski definition) is 0. The van der Waals surface area contributed by atoms with E-state index >= 15 is 0 Å². The van der Waals surface area contributed by atoms with Crippen molar-refractivity contribution in [3.05, 3.63) is 11.6 Å². The SMILES string of the molecule is CC1=CCC2C(OC(=O)C(C)C)C1C2(C)C. The van der Waals surface area contributed by atoms with Crippen LogP contribution in [0.4, 0.5) is 0 Å². The van der Waals surface area contributed by atoms with E-state index in [9.17, 15) is 4.79 Å². The fourth-order valence-electron chi connectivity index (χ4n) is 3.34. The number of carbonyl (C=O) groups excluding carboxylic acids is 1. The number of rotatable bonds is 2. The average Bonchev–Trinajstić information content (AvgIpc) is 2.16.